The normalized spacial score (nSPS) is 14.8. The summed E-state index contributed by atoms with van der Waals surface area (Å²) in [5, 5.41) is 6.72. The monoisotopic (exact) mass is 370 g/mol. The lowest BCUT2D eigenvalue weighted by Crippen LogP contribution is -2.44. The summed E-state index contributed by atoms with van der Waals surface area (Å²) in [6, 6.07) is 10.5. The molecule has 0 bridgehead atoms. The molecule has 1 aromatic heterocycles. The van der Waals surface area contributed by atoms with Gasteiger partial charge in [-0.05, 0) is 30.7 Å². The van der Waals surface area contributed by atoms with Crippen LogP contribution in [-0.2, 0) is 18.3 Å². The quantitative estimate of drug-likeness (QED) is 0.839. The third kappa shape index (κ3) is 4.87. The van der Waals surface area contributed by atoms with Crippen LogP contribution in [0.3, 0.4) is 0 Å². The Balaban J connectivity index is 1.45. The van der Waals surface area contributed by atoms with E-state index < -0.39 is 0 Å². The average molecular weight is 370 g/mol. The topological polar surface area (TPSA) is 76.5 Å². The fourth-order valence-corrected chi connectivity index (χ4v) is 3.47. The molecule has 0 spiro atoms. The van der Waals surface area contributed by atoms with E-state index in [-0.39, 0.29) is 24.2 Å². The molecule has 144 valence electrons. The molecule has 0 unspecified atom stereocenters. The van der Waals surface area contributed by atoms with Crippen LogP contribution in [0.15, 0.2) is 36.5 Å². The van der Waals surface area contributed by atoms with Crippen molar-refractivity contribution < 1.29 is 14.3 Å². The maximum atomic E-state index is 12.4. The summed E-state index contributed by atoms with van der Waals surface area (Å²) in [6.07, 6.45) is 4.62. The van der Waals surface area contributed by atoms with Gasteiger partial charge in [0.2, 0.25) is 11.8 Å². The molecule has 1 saturated heterocycles. The van der Waals surface area contributed by atoms with Crippen molar-refractivity contribution in [1.82, 2.24) is 20.0 Å². The third-order valence-electron chi connectivity index (χ3n) is 4.97. The Hall–Kier alpha value is -2.83. The van der Waals surface area contributed by atoms with Gasteiger partial charge in [0.1, 0.15) is 5.56 Å². The summed E-state index contributed by atoms with van der Waals surface area (Å²) in [4.78, 5) is 26.5. The number of likely N-dealkylation sites (tertiary alicyclic amines) is 1. The first-order valence-corrected chi connectivity index (χ1v) is 9.24. The van der Waals surface area contributed by atoms with Crippen molar-refractivity contribution in [3.63, 3.8) is 0 Å². The zero-order valence-electron chi connectivity index (χ0n) is 15.9. The molecule has 2 heterocycles. The molecule has 7 heteroatoms. The van der Waals surface area contributed by atoms with Gasteiger partial charge in [-0.3, -0.25) is 14.3 Å². The minimum atomic E-state index is -0.354. The summed E-state index contributed by atoms with van der Waals surface area (Å²) >= 11 is 0. The highest BCUT2D eigenvalue weighted by Gasteiger charge is 2.24. The lowest BCUT2D eigenvalue weighted by molar-refractivity contribution is -0.131. The first-order valence-electron chi connectivity index (χ1n) is 9.24. The number of aromatic nitrogens is 2. The highest BCUT2D eigenvalue weighted by Crippen LogP contribution is 2.21. The number of nitrogens with zero attached hydrogens (tertiary/aromatic N) is 3. The summed E-state index contributed by atoms with van der Waals surface area (Å²) in [7, 11) is 3.17. The molecule has 2 aromatic rings. The smallest absolute Gasteiger partial charge is 0.258 e. The van der Waals surface area contributed by atoms with Crippen molar-refractivity contribution in [3.05, 3.63) is 47.7 Å². The second-order valence-corrected chi connectivity index (χ2v) is 6.92. The number of benzene rings is 1. The minimum absolute atomic E-state index is 0.0137. The molecule has 2 amide bonds. The van der Waals surface area contributed by atoms with Crippen molar-refractivity contribution >= 4 is 11.8 Å². The number of rotatable bonds is 6. The molecule has 0 atom stereocenters. The van der Waals surface area contributed by atoms with E-state index in [1.165, 1.54) is 17.4 Å². The van der Waals surface area contributed by atoms with Crippen LogP contribution in [0.5, 0.6) is 5.88 Å². The molecule has 0 aliphatic carbocycles. The van der Waals surface area contributed by atoms with Crippen molar-refractivity contribution in [1.29, 1.82) is 0 Å². The van der Waals surface area contributed by atoms with E-state index in [1.807, 2.05) is 11.0 Å². The fourth-order valence-electron chi connectivity index (χ4n) is 3.47. The van der Waals surface area contributed by atoms with E-state index in [0.717, 1.165) is 32.4 Å². The Morgan fingerprint density at radius 2 is 1.93 bits per heavy atom. The zero-order chi connectivity index (χ0) is 19.2. The van der Waals surface area contributed by atoms with Gasteiger partial charge in [0, 0.05) is 26.3 Å². The molecule has 3 rings (SSSR count). The largest absolute Gasteiger partial charge is 0.479 e. The van der Waals surface area contributed by atoms with Gasteiger partial charge in [-0.1, -0.05) is 30.3 Å². The van der Waals surface area contributed by atoms with Crippen molar-refractivity contribution in [2.45, 2.75) is 19.3 Å². The molecule has 0 saturated carbocycles. The minimum Gasteiger partial charge on any atom is -0.479 e. The average Bonchev–Trinajstić information content (AvgIpc) is 3.08. The van der Waals surface area contributed by atoms with E-state index in [9.17, 15) is 9.59 Å². The summed E-state index contributed by atoms with van der Waals surface area (Å²) in [5.41, 5.74) is 1.68. The second kappa shape index (κ2) is 8.70. The van der Waals surface area contributed by atoms with E-state index in [0.29, 0.717) is 11.5 Å². The number of hydrogen-bond donors (Lipinski definition) is 1. The van der Waals surface area contributed by atoms with Crippen LogP contribution >= 0.6 is 0 Å². The number of carbonyl (C=O) groups is 2. The summed E-state index contributed by atoms with van der Waals surface area (Å²) in [6.45, 7) is 1.46. The highest BCUT2D eigenvalue weighted by molar-refractivity contribution is 5.98. The number of nitrogens with one attached hydrogen (secondary N) is 1. The molecule has 1 aromatic carbocycles. The number of aryl methyl sites for hydroxylation is 1. The van der Waals surface area contributed by atoms with Gasteiger partial charge in [0.25, 0.3) is 5.91 Å². The Bertz CT molecular complexity index is 780. The Labute approximate surface area is 159 Å². The number of methoxy groups -OCH3 is 1. The van der Waals surface area contributed by atoms with Crippen molar-refractivity contribution in [3.8, 4) is 5.88 Å². The van der Waals surface area contributed by atoms with E-state index >= 15 is 0 Å². The maximum absolute atomic E-state index is 12.4. The van der Waals surface area contributed by atoms with Crippen molar-refractivity contribution in [2.75, 3.05) is 26.7 Å². The predicted octanol–water partition coefficient (Wildman–Crippen LogP) is 1.64. The lowest BCUT2D eigenvalue weighted by atomic mass is 9.90. The molecule has 7 nitrogen and oxygen atoms in total. The molecule has 1 aliphatic heterocycles. The number of amides is 2. The van der Waals surface area contributed by atoms with Gasteiger partial charge in [0.05, 0.1) is 13.7 Å². The SMILES string of the molecule is COc1nn(C)cc1C(=O)NCC(=O)N1CCC(Cc2ccccc2)CC1. The summed E-state index contributed by atoms with van der Waals surface area (Å²) in [5.74, 6) is 0.450. The van der Waals surface area contributed by atoms with Crippen molar-refractivity contribution in [2.24, 2.45) is 13.0 Å². The molecule has 1 fully saturated rings. The Morgan fingerprint density at radius 1 is 1.22 bits per heavy atom. The van der Waals surface area contributed by atoms with Gasteiger partial charge in [-0.25, -0.2) is 0 Å². The van der Waals surface area contributed by atoms with Gasteiger partial charge < -0.3 is 15.0 Å². The fraction of sp³-hybridized carbons (Fsp3) is 0.450. The number of hydrogen-bond acceptors (Lipinski definition) is 4. The second-order valence-electron chi connectivity index (χ2n) is 6.92. The molecule has 1 aliphatic rings. The van der Waals surface area contributed by atoms with Crippen LogP contribution in [0.2, 0.25) is 0 Å². The van der Waals surface area contributed by atoms with Crippen LogP contribution in [0.1, 0.15) is 28.8 Å². The van der Waals surface area contributed by atoms with E-state index in [4.69, 9.17) is 4.74 Å². The molecule has 0 radical (unpaired) electrons. The van der Waals surface area contributed by atoms with Crippen LogP contribution in [-0.4, -0.2) is 53.2 Å². The predicted molar refractivity (Wildman–Crippen MR) is 102 cm³/mol. The molecule has 1 N–H and O–H groups in total. The molecular formula is C20H26N4O3. The summed E-state index contributed by atoms with van der Waals surface area (Å²) < 4.78 is 6.59. The van der Waals surface area contributed by atoms with Gasteiger partial charge in [0.15, 0.2) is 0 Å². The highest BCUT2D eigenvalue weighted by atomic mass is 16.5. The standard InChI is InChI=1S/C20H26N4O3/c1-23-14-17(20(22-23)27-2)19(26)21-13-18(25)24-10-8-16(9-11-24)12-15-6-4-3-5-7-15/h3-7,14,16H,8-13H2,1-2H3,(H,21,26). The van der Waals surface area contributed by atoms with Gasteiger partial charge >= 0.3 is 0 Å². The first-order chi connectivity index (χ1) is 13.1. The maximum Gasteiger partial charge on any atom is 0.258 e. The lowest BCUT2D eigenvalue weighted by Gasteiger charge is -2.32. The van der Waals surface area contributed by atoms with Crippen LogP contribution < -0.4 is 10.1 Å². The number of ether oxygens (including phenoxy) is 1. The van der Waals surface area contributed by atoms with Crippen LogP contribution in [0, 0.1) is 5.92 Å². The van der Waals surface area contributed by atoms with Gasteiger partial charge in [-0.15, -0.1) is 5.10 Å². The Morgan fingerprint density at radius 3 is 2.59 bits per heavy atom. The third-order valence-corrected chi connectivity index (χ3v) is 4.97. The Kier molecular flexibility index (Phi) is 6.11. The van der Waals surface area contributed by atoms with Crippen LogP contribution in [0.4, 0.5) is 0 Å². The number of carbonyl (C=O) groups excluding carboxylic acids is 2. The number of piperidine rings is 1. The molecule has 27 heavy (non-hydrogen) atoms. The van der Waals surface area contributed by atoms with E-state index in [1.54, 1.807) is 13.2 Å². The van der Waals surface area contributed by atoms with E-state index in [2.05, 4.69) is 34.7 Å². The molecular weight excluding hydrogens is 344 g/mol. The first kappa shape index (κ1) is 18.9. The zero-order valence-corrected chi connectivity index (χ0v) is 15.9. The van der Waals surface area contributed by atoms with Gasteiger partial charge in [-0.2, -0.15) is 0 Å². The van der Waals surface area contributed by atoms with Crippen LogP contribution in [0.25, 0.3) is 0 Å².